The van der Waals surface area contributed by atoms with Gasteiger partial charge in [0.1, 0.15) is 5.75 Å². The second-order valence-corrected chi connectivity index (χ2v) is 5.91. The summed E-state index contributed by atoms with van der Waals surface area (Å²) in [6.07, 6.45) is 2.30. The third kappa shape index (κ3) is 3.12. The Kier molecular flexibility index (Phi) is 4.21. The minimum Gasteiger partial charge on any atom is -0.423 e. The van der Waals surface area contributed by atoms with E-state index in [0.717, 1.165) is 29.5 Å². The fraction of sp³-hybridized carbons (Fsp3) is 0.308. The van der Waals surface area contributed by atoms with Crippen molar-refractivity contribution in [2.45, 2.75) is 12.8 Å². The van der Waals surface area contributed by atoms with E-state index in [2.05, 4.69) is 42.4 Å². The number of para-hydroxylation sites is 1. The first kappa shape index (κ1) is 13.8. The van der Waals surface area contributed by atoms with Crippen LogP contribution in [0.2, 0.25) is 5.28 Å². The highest BCUT2D eigenvalue weighted by Crippen LogP contribution is 2.26. The van der Waals surface area contributed by atoms with Crippen molar-refractivity contribution in [2.24, 2.45) is 0 Å². The van der Waals surface area contributed by atoms with Crippen molar-refractivity contribution >= 4 is 40.1 Å². The molecule has 0 bridgehead atoms. The first-order chi connectivity index (χ1) is 9.72. The number of nitrogens with zero attached hydrogens (tertiary/aromatic N) is 4. The molecule has 0 spiro atoms. The van der Waals surface area contributed by atoms with Crippen LogP contribution in [-0.4, -0.2) is 28.0 Å². The third-order valence-corrected chi connectivity index (χ3v) is 4.06. The van der Waals surface area contributed by atoms with Gasteiger partial charge >= 0.3 is 6.01 Å². The Morgan fingerprint density at radius 3 is 2.60 bits per heavy atom. The number of hydrogen-bond donors (Lipinski definition) is 0. The molecule has 1 fully saturated rings. The van der Waals surface area contributed by atoms with Gasteiger partial charge in [-0.15, -0.1) is 0 Å². The lowest BCUT2D eigenvalue weighted by Crippen LogP contribution is -2.21. The Morgan fingerprint density at radius 1 is 1.10 bits per heavy atom. The van der Waals surface area contributed by atoms with Gasteiger partial charge in [-0.25, -0.2) is 0 Å². The van der Waals surface area contributed by atoms with Gasteiger partial charge in [0.05, 0.1) is 3.57 Å². The predicted octanol–water partition coefficient (Wildman–Crippen LogP) is 3.52. The highest BCUT2D eigenvalue weighted by Gasteiger charge is 2.17. The quantitative estimate of drug-likeness (QED) is 0.735. The van der Waals surface area contributed by atoms with Crippen molar-refractivity contribution < 1.29 is 4.74 Å². The molecule has 7 heteroatoms. The molecule has 2 heterocycles. The van der Waals surface area contributed by atoms with Gasteiger partial charge in [-0.3, -0.25) is 0 Å². The van der Waals surface area contributed by atoms with Crippen molar-refractivity contribution in [3.63, 3.8) is 0 Å². The summed E-state index contributed by atoms with van der Waals surface area (Å²) < 4.78 is 6.70. The van der Waals surface area contributed by atoms with Gasteiger partial charge in [0.2, 0.25) is 11.2 Å². The lowest BCUT2D eigenvalue weighted by Gasteiger charge is -2.15. The lowest BCUT2D eigenvalue weighted by molar-refractivity contribution is 0.436. The summed E-state index contributed by atoms with van der Waals surface area (Å²) in [5, 5.41) is 0.155. The maximum Gasteiger partial charge on any atom is 0.328 e. The van der Waals surface area contributed by atoms with Crippen LogP contribution in [0.5, 0.6) is 11.8 Å². The van der Waals surface area contributed by atoms with E-state index in [1.807, 2.05) is 24.3 Å². The fourth-order valence-corrected chi connectivity index (χ4v) is 2.70. The minimum absolute atomic E-state index is 0.155. The number of halogens is 2. The van der Waals surface area contributed by atoms with Gasteiger partial charge in [-0.05, 0) is 59.2 Å². The summed E-state index contributed by atoms with van der Waals surface area (Å²) >= 11 is 8.17. The molecule has 3 rings (SSSR count). The van der Waals surface area contributed by atoms with Crippen LogP contribution < -0.4 is 9.64 Å². The normalized spacial score (nSPS) is 14.6. The molecule has 0 aliphatic carbocycles. The fourth-order valence-electron chi connectivity index (χ4n) is 2.05. The van der Waals surface area contributed by atoms with E-state index in [-0.39, 0.29) is 11.3 Å². The van der Waals surface area contributed by atoms with Gasteiger partial charge in [-0.2, -0.15) is 15.0 Å². The summed E-state index contributed by atoms with van der Waals surface area (Å²) in [5.41, 5.74) is 0. The number of rotatable bonds is 3. The monoisotopic (exact) mass is 402 g/mol. The molecule has 0 atom stereocenters. The van der Waals surface area contributed by atoms with E-state index in [9.17, 15) is 0 Å². The molecule has 1 saturated heterocycles. The van der Waals surface area contributed by atoms with Crippen molar-refractivity contribution in [3.05, 3.63) is 33.1 Å². The zero-order chi connectivity index (χ0) is 13.9. The second kappa shape index (κ2) is 6.09. The van der Waals surface area contributed by atoms with Gasteiger partial charge < -0.3 is 9.64 Å². The number of hydrogen-bond acceptors (Lipinski definition) is 5. The van der Waals surface area contributed by atoms with Crippen molar-refractivity contribution in [2.75, 3.05) is 18.0 Å². The molecule has 104 valence electrons. The van der Waals surface area contributed by atoms with Crippen molar-refractivity contribution in [3.8, 4) is 11.8 Å². The highest BCUT2D eigenvalue weighted by molar-refractivity contribution is 14.1. The number of aromatic nitrogens is 3. The molecule has 2 aromatic rings. The van der Waals surface area contributed by atoms with Gasteiger partial charge in [0.15, 0.2) is 0 Å². The Hall–Kier alpha value is -1.15. The largest absolute Gasteiger partial charge is 0.423 e. The SMILES string of the molecule is Clc1nc(Oc2ccccc2I)nc(N2CCCC2)n1. The van der Waals surface area contributed by atoms with Crippen LogP contribution in [0.15, 0.2) is 24.3 Å². The summed E-state index contributed by atoms with van der Waals surface area (Å²) in [6, 6.07) is 7.91. The van der Waals surface area contributed by atoms with Crippen LogP contribution in [0.4, 0.5) is 5.95 Å². The molecule has 1 aliphatic rings. The average Bonchev–Trinajstić information content (AvgIpc) is 2.95. The molecule has 1 aromatic heterocycles. The van der Waals surface area contributed by atoms with Crippen LogP contribution in [0, 0.1) is 3.57 Å². The molecule has 1 aliphatic heterocycles. The third-order valence-electron chi connectivity index (χ3n) is 3.00. The Bertz CT molecular complexity index is 619. The Morgan fingerprint density at radius 2 is 1.85 bits per heavy atom. The van der Waals surface area contributed by atoms with E-state index in [0.29, 0.717) is 11.7 Å². The number of anilines is 1. The summed E-state index contributed by atoms with van der Waals surface area (Å²) in [5.74, 6) is 1.30. The molecular formula is C13H12ClIN4O. The molecule has 0 amide bonds. The molecule has 0 unspecified atom stereocenters. The van der Waals surface area contributed by atoms with E-state index in [4.69, 9.17) is 16.3 Å². The van der Waals surface area contributed by atoms with Crippen molar-refractivity contribution in [1.82, 2.24) is 15.0 Å². The van der Waals surface area contributed by atoms with E-state index in [1.165, 1.54) is 0 Å². The van der Waals surface area contributed by atoms with Gasteiger partial charge in [0.25, 0.3) is 0 Å². The van der Waals surface area contributed by atoms with E-state index >= 15 is 0 Å². The lowest BCUT2D eigenvalue weighted by atomic mass is 10.3. The molecule has 1 aromatic carbocycles. The van der Waals surface area contributed by atoms with Crippen molar-refractivity contribution in [1.29, 1.82) is 0 Å². The average molecular weight is 403 g/mol. The second-order valence-electron chi connectivity index (χ2n) is 4.41. The predicted molar refractivity (Wildman–Crippen MR) is 85.5 cm³/mol. The first-order valence-electron chi connectivity index (χ1n) is 6.31. The van der Waals surface area contributed by atoms with Gasteiger partial charge in [0, 0.05) is 13.1 Å². The maximum atomic E-state index is 5.96. The molecule has 0 radical (unpaired) electrons. The highest BCUT2D eigenvalue weighted by atomic mass is 127. The van der Waals surface area contributed by atoms with E-state index < -0.39 is 0 Å². The van der Waals surface area contributed by atoms with E-state index in [1.54, 1.807) is 0 Å². The van der Waals surface area contributed by atoms with Crippen LogP contribution >= 0.6 is 34.2 Å². The topological polar surface area (TPSA) is 51.1 Å². The Labute approximate surface area is 135 Å². The Balaban J connectivity index is 1.88. The number of ether oxygens (including phenoxy) is 1. The standard InChI is InChI=1S/C13H12ClIN4O/c14-11-16-12(19-7-3-4-8-19)18-13(17-11)20-10-6-2-1-5-9(10)15/h1-2,5-6H,3-4,7-8H2. The van der Waals surface area contributed by atoms with Crippen LogP contribution in [0.1, 0.15) is 12.8 Å². The number of benzene rings is 1. The van der Waals surface area contributed by atoms with Crippen LogP contribution in [0.3, 0.4) is 0 Å². The van der Waals surface area contributed by atoms with Gasteiger partial charge in [-0.1, -0.05) is 12.1 Å². The van der Waals surface area contributed by atoms with Crippen LogP contribution in [0.25, 0.3) is 0 Å². The molecule has 5 nitrogen and oxygen atoms in total. The zero-order valence-corrected chi connectivity index (χ0v) is 13.5. The minimum atomic E-state index is 0.155. The molecule has 20 heavy (non-hydrogen) atoms. The summed E-state index contributed by atoms with van der Waals surface area (Å²) in [4.78, 5) is 14.6. The van der Waals surface area contributed by atoms with Crippen LogP contribution in [-0.2, 0) is 0 Å². The molecule has 0 N–H and O–H groups in total. The molecular weight excluding hydrogens is 391 g/mol. The molecule has 0 saturated carbocycles. The first-order valence-corrected chi connectivity index (χ1v) is 7.77. The summed E-state index contributed by atoms with van der Waals surface area (Å²) in [7, 11) is 0. The zero-order valence-electron chi connectivity index (χ0n) is 10.6. The smallest absolute Gasteiger partial charge is 0.328 e. The summed E-state index contributed by atoms with van der Waals surface area (Å²) in [6.45, 7) is 1.89. The maximum absolute atomic E-state index is 5.96.